The molecule has 0 amide bonds. The van der Waals surface area contributed by atoms with Gasteiger partial charge in [-0.3, -0.25) is 4.68 Å². The Kier molecular flexibility index (Phi) is 4.68. The molecule has 1 atom stereocenters. The van der Waals surface area contributed by atoms with E-state index in [2.05, 4.69) is 48.2 Å². The number of aromatic nitrogens is 3. The molecule has 0 fully saturated rings. The van der Waals surface area contributed by atoms with Crippen molar-refractivity contribution in [3.05, 3.63) is 47.5 Å². The molecule has 4 nitrogen and oxygen atoms in total. The standard InChI is InChI=1S/C15H22N4/c1-3-19-15(17-11-18-19)10-14(16)9-8-13-6-4-12(2)5-7-13/h4-7,11,14H,3,8-10,16H2,1-2H3. The number of hydrogen-bond acceptors (Lipinski definition) is 3. The van der Waals surface area contributed by atoms with E-state index in [9.17, 15) is 0 Å². The monoisotopic (exact) mass is 258 g/mol. The van der Waals surface area contributed by atoms with Crippen LogP contribution < -0.4 is 5.73 Å². The lowest BCUT2D eigenvalue weighted by molar-refractivity contribution is 0.547. The van der Waals surface area contributed by atoms with Gasteiger partial charge in [0.1, 0.15) is 12.2 Å². The molecule has 2 rings (SSSR count). The molecule has 0 bridgehead atoms. The molecular formula is C15H22N4. The van der Waals surface area contributed by atoms with Crippen LogP contribution in [0.3, 0.4) is 0 Å². The van der Waals surface area contributed by atoms with Crippen molar-refractivity contribution in [3.8, 4) is 0 Å². The van der Waals surface area contributed by atoms with Gasteiger partial charge in [0, 0.05) is 19.0 Å². The maximum atomic E-state index is 6.19. The molecule has 0 radical (unpaired) electrons. The molecule has 0 aliphatic heterocycles. The SMILES string of the molecule is CCn1ncnc1CC(N)CCc1ccc(C)cc1. The predicted molar refractivity (Wildman–Crippen MR) is 76.9 cm³/mol. The minimum Gasteiger partial charge on any atom is -0.327 e. The van der Waals surface area contributed by atoms with Gasteiger partial charge < -0.3 is 5.73 Å². The Hall–Kier alpha value is -1.68. The summed E-state index contributed by atoms with van der Waals surface area (Å²) >= 11 is 0. The number of nitrogens with two attached hydrogens (primary N) is 1. The van der Waals surface area contributed by atoms with Crippen molar-refractivity contribution in [2.24, 2.45) is 5.73 Å². The molecule has 0 spiro atoms. The molecule has 1 aromatic heterocycles. The van der Waals surface area contributed by atoms with Crippen LogP contribution in [-0.2, 0) is 19.4 Å². The van der Waals surface area contributed by atoms with Crippen molar-refractivity contribution in [1.29, 1.82) is 0 Å². The zero-order valence-electron chi connectivity index (χ0n) is 11.7. The molecule has 1 aromatic carbocycles. The van der Waals surface area contributed by atoms with E-state index in [-0.39, 0.29) is 6.04 Å². The highest BCUT2D eigenvalue weighted by Gasteiger charge is 2.09. The Labute approximate surface area is 114 Å². The van der Waals surface area contributed by atoms with Gasteiger partial charge in [0.2, 0.25) is 0 Å². The lowest BCUT2D eigenvalue weighted by atomic mass is 10.0. The quantitative estimate of drug-likeness (QED) is 0.863. The number of aryl methyl sites for hydroxylation is 3. The number of benzene rings is 1. The number of rotatable bonds is 6. The molecule has 1 heterocycles. The van der Waals surface area contributed by atoms with E-state index in [4.69, 9.17) is 5.73 Å². The minimum atomic E-state index is 0.135. The molecule has 102 valence electrons. The van der Waals surface area contributed by atoms with Crippen LogP contribution in [0.2, 0.25) is 0 Å². The number of hydrogen-bond donors (Lipinski definition) is 1. The fraction of sp³-hybridized carbons (Fsp3) is 0.467. The topological polar surface area (TPSA) is 56.7 Å². The van der Waals surface area contributed by atoms with Crippen molar-refractivity contribution >= 4 is 0 Å². The van der Waals surface area contributed by atoms with E-state index in [1.54, 1.807) is 6.33 Å². The molecule has 2 aromatic rings. The van der Waals surface area contributed by atoms with Crippen LogP contribution >= 0.6 is 0 Å². The van der Waals surface area contributed by atoms with E-state index < -0.39 is 0 Å². The summed E-state index contributed by atoms with van der Waals surface area (Å²) < 4.78 is 1.91. The van der Waals surface area contributed by atoms with Crippen LogP contribution in [0.15, 0.2) is 30.6 Å². The molecule has 0 aliphatic rings. The Morgan fingerprint density at radius 1 is 1.26 bits per heavy atom. The van der Waals surface area contributed by atoms with Crippen LogP contribution in [-0.4, -0.2) is 20.8 Å². The third-order valence-electron chi connectivity index (χ3n) is 3.36. The Bertz CT molecular complexity index is 501. The summed E-state index contributed by atoms with van der Waals surface area (Å²) in [7, 11) is 0. The van der Waals surface area contributed by atoms with Crippen LogP contribution in [0.1, 0.15) is 30.3 Å². The van der Waals surface area contributed by atoms with Gasteiger partial charge in [0.15, 0.2) is 0 Å². The first kappa shape index (κ1) is 13.7. The first-order chi connectivity index (χ1) is 9.19. The molecule has 0 saturated heterocycles. The summed E-state index contributed by atoms with van der Waals surface area (Å²) in [5.41, 5.74) is 8.83. The average molecular weight is 258 g/mol. The van der Waals surface area contributed by atoms with Crippen LogP contribution in [0.4, 0.5) is 0 Å². The maximum absolute atomic E-state index is 6.19. The summed E-state index contributed by atoms with van der Waals surface area (Å²) in [6.07, 6.45) is 4.38. The normalized spacial score (nSPS) is 12.6. The molecular weight excluding hydrogens is 236 g/mol. The molecule has 0 aliphatic carbocycles. The van der Waals surface area contributed by atoms with Gasteiger partial charge in [-0.25, -0.2) is 4.98 Å². The second kappa shape index (κ2) is 6.48. The smallest absolute Gasteiger partial charge is 0.138 e. The summed E-state index contributed by atoms with van der Waals surface area (Å²) in [6.45, 7) is 5.02. The van der Waals surface area contributed by atoms with Gasteiger partial charge in [-0.1, -0.05) is 29.8 Å². The van der Waals surface area contributed by atoms with Crippen LogP contribution in [0.25, 0.3) is 0 Å². The van der Waals surface area contributed by atoms with E-state index >= 15 is 0 Å². The van der Waals surface area contributed by atoms with Gasteiger partial charge in [0.05, 0.1) is 0 Å². The molecule has 2 N–H and O–H groups in total. The molecule has 4 heteroatoms. The van der Waals surface area contributed by atoms with Gasteiger partial charge in [-0.2, -0.15) is 5.10 Å². The van der Waals surface area contributed by atoms with Crippen molar-refractivity contribution in [1.82, 2.24) is 14.8 Å². The molecule has 19 heavy (non-hydrogen) atoms. The summed E-state index contributed by atoms with van der Waals surface area (Å²) in [4.78, 5) is 4.27. The van der Waals surface area contributed by atoms with Crippen LogP contribution in [0.5, 0.6) is 0 Å². The fourth-order valence-corrected chi connectivity index (χ4v) is 2.15. The van der Waals surface area contributed by atoms with E-state index in [1.165, 1.54) is 11.1 Å². The Morgan fingerprint density at radius 2 is 2.00 bits per heavy atom. The largest absolute Gasteiger partial charge is 0.327 e. The second-order valence-corrected chi connectivity index (χ2v) is 4.98. The fourth-order valence-electron chi connectivity index (χ4n) is 2.15. The van der Waals surface area contributed by atoms with Gasteiger partial charge in [0.25, 0.3) is 0 Å². The predicted octanol–water partition coefficient (Wildman–Crippen LogP) is 2.11. The summed E-state index contributed by atoms with van der Waals surface area (Å²) in [5, 5.41) is 4.17. The minimum absolute atomic E-state index is 0.135. The third kappa shape index (κ3) is 3.89. The Balaban J connectivity index is 1.84. The lowest BCUT2D eigenvalue weighted by Crippen LogP contribution is -2.25. The van der Waals surface area contributed by atoms with E-state index in [0.717, 1.165) is 31.6 Å². The average Bonchev–Trinajstić information content (AvgIpc) is 2.85. The van der Waals surface area contributed by atoms with E-state index in [0.29, 0.717) is 0 Å². The van der Waals surface area contributed by atoms with Crippen molar-refractivity contribution in [2.75, 3.05) is 0 Å². The van der Waals surface area contributed by atoms with Gasteiger partial charge in [-0.05, 0) is 32.3 Å². The highest BCUT2D eigenvalue weighted by molar-refractivity contribution is 5.21. The molecule has 0 saturated carbocycles. The Morgan fingerprint density at radius 3 is 2.68 bits per heavy atom. The first-order valence-electron chi connectivity index (χ1n) is 6.87. The van der Waals surface area contributed by atoms with Gasteiger partial charge in [-0.15, -0.1) is 0 Å². The first-order valence-corrected chi connectivity index (χ1v) is 6.87. The highest BCUT2D eigenvalue weighted by atomic mass is 15.3. The maximum Gasteiger partial charge on any atom is 0.138 e. The highest BCUT2D eigenvalue weighted by Crippen LogP contribution is 2.09. The lowest BCUT2D eigenvalue weighted by Gasteiger charge is -2.11. The second-order valence-electron chi connectivity index (χ2n) is 4.98. The zero-order valence-corrected chi connectivity index (χ0v) is 11.7. The summed E-state index contributed by atoms with van der Waals surface area (Å²) in [5.74, 6) is 0.985. The number of nitrogens with zero attached hydrogens (tertiary/aromatic N) is 3. The van der Waals surface area contributed by atoms with Gasteiger partial charge >= 0.3 is 0 Å². The summed E-state index contributed by atoms with van der Waals surface area (Å²) in [6, 6.07) is 8.78. The van der Waals surface area contributed by atoms with E-state index in [1.807, 2.05) is 4.68 Å². The van der Waals surface area contributed by atoms with Crippen molar-refractivity contribution < 1.29 is 0 Å². The molecule has 1 unspecified atom stereocenters. The third-order valence-corrected chi connectivity index (χ3v) is 3.36. The zero-order chi connectivity index (χ0) is 13.7. The van der Waals surface area contributed by atoms with Crippen LogP contribution in [0, 0.1) is 6.92 Å². The van der Waals surface area contributed by atoms with Crippen molar-refractivity contribution in [3.63, 3.8) is 0 Å². The van der Waals surface area contributed by atoms with Crippen molar-refractivity contribution in [2.45, 2.75) is 45.7 Å².